The number of likely N-dealkylation sites (tertiary alicyclic amines) is 1. The smallest absolute Gasteiger partial charge is 0.248 e. The predicted molar refractivity (Wildman–Crippen MR) is 175 cm³/mol. The van der Waals surface area contributed by atoms with Crippen LogP contribution >= 0.6 is 0 Å². The van der Waals surface area contributed by atoms with Crippen molar-refractivity contribution in [2.45, 2.75) is 171 Å². The number of carbonyl (C=O) groups excluding carboxylic acids is 3. The molecule has 1 aliphatic heterocycles. The van der Waals surface area contributed by atoms with Crippen LogP contribution < -0.4 is 0 Å². The number of hydrogen-bond donors (Lipinski definition) is 1. The lowest BCUT2D eigenvalue weighted by atomic mass is 9.74. The number of amides is 3. The third-order valence-electron chi connectivity index (χ3n) is 9.21. The molecule has 3 fully saturated rings. The molecule has 2 aliphatic carbocycles. The predicted octanol–water partition coefficient (Wildman–Crippen LogP) is 8.61. The molecular weight excluding hydrogens is 528 g/mol. The molecule has 42 heavy (non-hydrogen) atoms. The Hall–Kier alpha value is -1.47. The molecule has 0 aromatic heterocycles. The van der Waals surface area contributed by atoms with Crippen LogP contribution in [-0.4, -0.2) is 51.5 Å². The van der Waals surface area contributed by atoms with Gasteiger partial charge in [0.1, 0.15) is 0 Å². The van der Waals surface area contributed by atoms with Gasteiger partial charge in [0.2, 0.25) is 17.7 Å². The Bertz CT molecular complexity index is 697. The number of rotatable bonds is 11. The molecule has 2 saturated carbocycles. The standard InChI is InChI=1S/C20H33NO2.C11H23NO2.2C2H6.H2O/c1-3-17-13-19(22)21(20(17)23)18-10-8-16(9-11-18)12-15-6-4-14(2)5-7-15;1-4-6-7-9-10(8-5-2)11(13)12(3)14;2*1-2;/h14-18H,3-13H2,1-2H3;10,14H,4-9H2,1-3H3;2*1-2H3;1H2. The van der Waals surface area contributed by atoms with Crippen molar-refractivity contribution in [1.82, 2.24) is 9.96 Å². The third-order valence-corrected chi connectivity index (χ3v) is 9.21. The summed E-state index contributed by atoms with van der Waals surface area (Å²) in [7, 11) is 1.41. The topological polar surface area (TPSA) is 109 Å². The zero-order valence-corrected chi connectivity index (χ0v) is 29.1. The molecule has 2 atom stereocenters. The van der Waals surface area contributed by atoms with Gasteiger partial charge in [-0.25, -0.2) is 5.06 Å². The van der Waals surface area contributed by atoms with E-state index in [1.807, 2.05) is 34.6 Å². The van der Waals surface area contributed by atoms with Gasteiger partial charge in [-0.3, -0.25) is 24.5 Å². The number of imide groups is 1. The molecule has 1 saturated heterocycles. The Labute approximate surface area is 259 Å². The molecular formula is C35H70N2O5. The number of hydrogen-bond acceptors (Lipinski definition) is 4. The lowest BCUT2D eigenvalue weighted by molar-refractivity contribution is -0.164. The lowest BCUT2D eigenvalue weighted by Gasteiger charge is -2.36. The van der Waals surface area contributed by atoms with E-state index in [0.717, 1.165) is 67.8 Å². The molecule has 3 N–H and O–H groups in total. The van der Waals surface area contributed by atoms with E-state index < -0.39 is 0 Å². The quantitative estimate of drug-likeness (QED) is 0.111. The van der Waals surface area contributed by atoms with Crippen molar-refractivity contribution in [3.8, 4) is 0 Å². The summed E-state index contributed by atoms with van der Waals surface area (Å²) in [6.45, 7) is 16.6. The SMILES string of the molecule is CC.CC.CCC1CC(=O)N(C2CCC(CC3CCC(C)CC3)CC2)C1=O.CCCCCC(CCC)C(=O)N(C)O.O. The molecule has 3 amide bonds. The average molecular weight is 599 g/mol. The third kappa shape index (κ3) is 14.8. The molecule has 1 heterocycles. The van der Waals surface area contributed by atoms with Crippen molar-refractivity contribution >= 4 is 17.7 Å². The van der Waals surface area contributed by atoms with Crippen LogP contribution in [-0.2, 0) is 14.4 Å². The number of carbonyl (C=O) groups is 3. The zero-order valence-electron chi connectivity index (χ0n) is 29.1. The van der Waals surface area contributed by atoms with Crippen LogP contribution in [0.1, 0.15) is 165 Å². The van der Waals surface area contributed by atoms with Crippen LogP contribution in [0, 0.1) is 29.6 Å². The molecule has 0 aromatic rings. The van der Waals surface area contributed by atoms with Gasteiger partial charge in [0.25, 0.3) is 0 Å². The van der Waals surface area contributed by atoms with E-state index in [-0.39, 0.29) is 41.1 Å². The van der Waals surface area contributed by atoms with E-state index in [1.54, 1.807) is 4.90 Å². The Morgan fingerprint density at radius 2 is 1.38 bits per heavy atom. The lowest BCUT2D eigenvalue weighted by Crippen LogP contribution is -2.42. The molecule has 3 rings (SSSR count). The van der Waals surface area contributed by atoms with Crippen molar-refractivity contribution in [2.24, 2.45) is 29.6 Å². The molecule has 3 aliphatic rings. The molecule has 0 radical (unpaired) electrons. The minimum atomic E-state index is -0.136. The first-order valence-electron chi connectivity index (χ1n) is 17.5. The zero-order chi connectivity index (χ0) is 31.4. The van der Waals surface area contributed by atoms with Crippen LogP contribution in [0.15, 0.2) is 0 Å². The maximum atomic E-state index is 12.4. The highest BCUT2D eigenvalue weighted by Crippen LogP contribution is 2.39. The van der Waals surface area contributed by atoms with Crippen molar-refractivity contribution in [3.05, 3.63) is 0 Å². The summed E-state index contributed by atoms with van der Waals surface area (Å²) in [6, 6.07) is 0.203. The second kappa shape index (κ2) is 24.9. The highest BCUT2D eigenvalue weighted by molar-refractivity contribution is 6.03. The highest BCUT2D eigenvalue weighted by atomic mass is 16.5. The first-order chi connectivity index (χ1) is 19.7. The largest absolute Gasteiger partial charge is 0.412 e. The van der Waals surface area contributed by atoms with Crippen LogP contribution in [0.5, 0.6) is 0 Å². The maximum absolute atomic E-state index is 12.4. The van der Waals surface area contributed by atoms with Gasteiger partial charge in [0.05, 0.1) is 0 Å². The first-order valence-corrected chi connectivity index (χ1v) is 17.5. The minimum Gasteiger partial charge on any atom is -0.412 e. The fraction of sp³-hybridized carbons (Fsp3) is 0.914. The van der Waals surface area contributed by atoms with Crippen LogP contribution in [0.4, 0.5) is 0 Å². The van der Waals surface area contributed by atoms with Crippen molar-refractivity contribution in [2.75, 3.05) is 7.05 Å². The Morgan fingerprint density at radius 3 is 1.81 bits per heavy atom. The number of nitrogens with zero attached hydrogens (tertiary/aromatic N) is 2. The summed E-state index contributed by atoms with van der Waals surface area (Å²) in [5, 5.41) is 9.79. The van der Waals surface area contributed by atoms with Crippen molar-refractivity contribution in [1.29, 1.82) is 0 Å². The van der Waals surface area contributed by atoms with E-state index >= 15 is 0 Å². The Balaban J connectivity index is 0. The average Bonchev–Trinajstić information content (AvgIpc) is 3.29. The van der Waals surface area contributed by atoms with Crippen LogP contribution in [0.3, 0.4) is 0 Å². The summed E-state index contributed by atoms with van der Waals surface area (Å²) in [5.41, 5.74) is 0. The van der Waals surface area contributed by atoms with Gasteiger partial charge in [-0.2, -0.15) is 0 Å². The molecule has 7 nitrogen and oxygen atoms in total. The van der Waals surface area contributed by atoms with Gasteiger partial charge in [0, 0.05) is 31.3 Å². The van der Waals surface area contributed by atoms with Gasteiger partial charge in [-0.05, 0) is 69.1 Å². The second-order valence-electron chi connectivity index (χ2n) is 12.3. The van der Waals surface area contributed by atoms with Gasteiger partial charge >= 0.3 is 0 Å². The minimum absolute atomic E-state index is 0. The van der Waals surface area contributed by atoms with Crippen LogP contribution in [0.25, 0.3) is 0 Å². The number of hydroxylamine groups is 2. The van der Waals surface area contributed by atoms with E-state index in [4.69, 9.17) is 5.21 Å². The van der Waals surface area contributed by atoms with Gasteiger partial charge < -0.3 is 5.48 Å². The fourth-order valence-electron chi connectivity index (χ4n) is 6.74. The first kappa shape index (κ1) is 42.7. The molecule has 2 unspecified atom stereocenters. The summed E-state index contributed by atoms with van der Waals surface area (Å²) in [5.74, 6) is 2.75. The van der Waals surface area contributed by atoms with E-state index in [9.17, 15) is 14.4 Å². The summed E-state index contributed by atoms with van der Waals surface area (Å²) in [6.07, 6.45) is 19.0. The highest BCUT2D eigenvalue weighted by Gasteiger charge is 2.42. The number of unbranched alkanes of at least 4 members (excludes halogenated alkanes) is 2. The van der Waals surface area contributed by atoms with Gasteiger partial charge in [0.15, 0.2) is 0 Å². The van der Waals surface area contributed by atoms with Gasteiger partial charge in [-0.1, -0.05) is 107 Å². The van der Waals surface area contributed by atoms with E-state index in [0.29, 0.717) is 6.42 Å². The molecule has 0 bridgehead atoms. The van der Waals surface area contributed by atoms with Crippen LogP contribution in [0.2, 0.25) is 0 Å². The van der Waals surface area contributed by atoms with Gasteiger partial charge in [-0.15, -0.1) is 0 Å². The van der Waals surface area contributed by atoms with Crippen molar-refractivity contribution in [3.63, 3.8) is 0 Å². The van der Waals surface area contributed by atoms with E-state index in [1.165, 1.54) is 64.8 Å². The van der Waals surface area contributed by atoms with Crippen molar-refractivity contribution < 1.29 is 25.1 Å². The molecule has 250 valence electrons. The Kier molecular flexibility index (Phi) is 25.3. The summed E-state index contributed by atoms with van der Waals surface area (Å²) >= 11 is 0. The monoisotopic (exact) mass is 599 g/mol. The normalized spacial score (nSPS) is 25.9. The summed E-state index contributed by atoms with van der Waals surface area (Å²) in [4.78, 5) is 37.7. The molecule has 0 spiro atoms. The van der Waals surface area contributed by atoms with E-state index in [2.05, 4.69) is 20.8 Å². The maximum Gasteiger partial charge on any atom is 0.248 e. The second-order valence-corrected chi connectivity index (χ2v) is 12.3. The summed E-state index contributed by atoms with van der Waals surface area (Å²) < 4.78 is 0. The fourth-order valence-corrected chi connectivity index (χ4v) is 6.74. The molecule has 7 heteroatoms. The molecule has 0 aromatic carbocycles. The Morgan fingerprint density at radius 1 is 0.857 bits per heavy atom.